The number of amides is 1. The summed E-state index contributed by atoms with van der Waals surface area (Å²) in [6, 6.07) is 0. The summed E-state index contributed by atoms with van der Waals surface area (Å²) in [5, 5.41) is 2.34. The molecule has 0 aliphatic heterocycles. The van der Waals surface area contributed by atoms with Crippen LogP contribution >= 0.6 is 0 Å². The monoisotopic (exact) mass is 127 g/mol. The van der Waals surface area contributed by atoms with Crippen molar-refractivity contribution >= 4 is 12.6 Å². The van der Waals surface area contributed by atoms with Gasteiger partial charge in [0.1, 0.15) is 0 Å². The van der Waals surface area contributed by atoms with Crippen LogP contribution in [0.4, 0.5) is 0 Å². The summed E-state index contributed by atoms with van der Waals surface area (Å²) in [7, 11) is 1.59. The third-order valence-electron chi connectivity index (χ3n) is 0.673. The summed E-state index contributed by atoms with van der Waals surface area (Å²) in [5.41, 5.74) is 5.56. The second kappa shape index (κ2) is 4.83. The lowest BCUT2D eigenvalue weighted by Gasteiger charge is -1.92. The summed E-state index contributed by atoms with van der Waals surface area (Å²) >= 11 is 0. The van der Waals surface area contributed by atoms with E-state index in [1.54, 1.807) is 7.05 Å². The second-order valence-corrected chi connectivity index (χ2v) is 1.27. The van der Waals surface area contributed by atoms with Gasteiger partial charge in [0, 0.05) is 19.5 Å². The first-order valence-corrected chi connectivity index (χ1v) is 2.39. The summed E-state index contributed by atoms with van der Waals surface area (Å²) < 4.78 is 0. The molecule has 0 aromatic carbocycles. The molecule has 0 aliphatic rings. The van der Waals surface area contributed by atoms with Crippen molar-refractivity contribution in [3.05, 3.63) is 11.9 Å². The van der Waals surface area contributed by atoms with Crippen molar-refractivity contribution < 1.29 is 4.79 Å². The standard InChI is InChI=1S/C5H9N3O/c1-7-3-5(2-6)8-4-9/h2-4H,6H2,1H3,(H,8,9)/b5-2+,7-3?. The third kappa shape index (κ3) is 3.28. The summed E-state index contributed by atoms with van der Waals surface area (Å²) in [6.07, 6.45) is 3.26. The Morgan fingerprint density at radius 1 is 1.78 bits per heavy atom. The number of rotatable bonds is 3. The van der Waals surface area contributed by atoms with Crippen LogP contribution in [-0.2, 0) is 4.79 Å². The van der Waals surface area contributed by atoms with E-state index in [-0.39, 0.29) is 0 Å². The van der Waals surface area contributed by atoms with Gasteiger partial charge in [-0.25, -0.2) is 0 Å². The molecule has 3 N–H and O–H groups in total. The molecule has 4 nitrogen and oxygen atoms in total. The van der Waals surface area contributed by atoms with Crippen molar-refractivity contribution in [3.63, 3.8) is 0 Å². The Hall–Kier alpha value is -1.32. The van der Waals surface area contributed by atoms with Gasteiger partial charge >= 0.3 is 0 Å². The molecule has 9 heavy (non-hydrogen) atoms. The van der Waals surface area contributed by atoms with Crippen LogP contribution in [0.3, 0.4) is 0 Å². The van der Waals surface area contributed by atoms with Gasteiger partial charge in [-0.15, -0.1) is 0 Å². The second-order valence-electron chi connectivity index (χ2n) is 1.27. The topological polar surface area (TPSA) is 67.5 Å². The third-order valence-corrected chi connectivity index (χ3v) is 0.673. The quantitative estimate of drug-likeness (QED) is 0.386. The number of nitrogens with one attached hydrogen (secondary N) is 1. The van der Waals surface area contributed by atoms with Crippen LogP contribution < -0.4 is 11.1 Å². The number of nitrogens with two attached hydrogens (primary N) is 1. The minimum absolute atomic E-state index is 0.493. The molecule has 0 rings (SSSR count). The Kier molecular flexibility index (Phi) is 4.12. The molecular formula is C5H9N3O. The number of allylic oxidation sites excluding steroid dienone is 1. The maximum absolute atomic E-state index is 9.78. The van der Waals surface area contributed by atoms with Crippen LogP contribution in [0.1, 0.15) is 0 Å². The van der Waals surface area contributed by atoms with Crippen LogP contribution in [-0.4, -0.2) is 19.7 Å². The summed E-state index contributed by atoms with van der Waals surface area (Å²) in [5.74, 6) is 0. The lowest BCUT2D eigenvalue weighted by molar-refractivity contribution is -0.108. The molecule has 0 atom stereocenters. The zero-order valence-corrected chi connectivity index (χ0v) is 5.16. The average molecular weight is 127 g/mol. The highest BCUT2D eigenvalue weighted by Gasteiger charge is 1.83. The fraction of sp³-hybridized carbons (Fsp3) is 0.200. The first-order valence-electron chi connectivity index (χ1n) is 2.39. The Bertz CT molecular complexity index is 139. The summed E-state index contributed by atoms with van der Waals surface area (Å²) in [6.45, 7) is 0. The van der Waals surface area contributed by atoms with Crippen LogP contribution in [0.15, 0.2) is 16.9 Å². The Labute approximate surface area is 53.5 Å². The molecule has 0 fully saturated rings. The van der Waals surface area contributed by atoms with Crippen LogP contribution in [0, 0.1) is 0 Å². The number of carbonyl (C=O) groups is 1. The molecule has 0 spiro atoms. The maximum Gasteiger partial charge on any atom is 0.211 e. The van der Waals surface area contributed by atoms with E-state index in [1.165, 1.54) is 12.4 Å². The van der Waals surface area contributed by atoms with Crippen molar-refractivity contribution in [2.45, 2.75) is 0 Å². The molecule has 0 aliphatic carbocycles. The van der Waals surface area contributed by atoms with Crippen molar-refractivity contribution in [1.29, 1.82) is 0 Å². The molecular weight excluding hydrogens is 118 g/mol. The van der Waals surface area contributed by atoms with E-state index in [2.05, 4.69) is 10.3 Å². The first kappa shape index (κ1) is 7.68. The first-order chi connectivity index (χ1) is 4.35. The number of carbonyl (C=O) groups excluding carboxylic acids is 1. The maximum atomic E-state index is 9.78. The predicted octanol–water partition coefficient (Wildman–Crippen LogP) is -0.767. The molecule has 0 saturated heterocycles. The van der Waals surface area contributed by atoms with Gasteiger partial charge < -0.3 is 11.1 Å². The van der Waals surface area contributed by atoms with E-state index in [0.717, 1.165) is 0 Å². The Balaban J connectivity index is 3.84. The number of hydrogen-bond acceptors (Lipinski definition) is 3. The zero-order chi connectivity index (χ0) is 7.11. The molecule has 0 aromatic rings. The van der Waals surface area contributed by atoms with Crippen LogP contribution in [0.2, 0.25) is 0 Å². The summed E-state index contributed by atoms with van der Waals surface area (Å²) in [4.78, 5) is 13.4. The molecule has 0 radical (unpaired) electrons. The molecule has 0 saturated carbocycles. The molecule has 0 aromatic heterocycles. The average Bonchev–Trinajstić information content (AvgIpc) is 1.88. The van der Waals surface area contributed by atoms with Crippen molar-refractivity contribution in [1.82, 2.24) is 5.32 Å². The van der Waals surface area contributed by atoms with Gasteiger partial charge in [0.2, 0.25) is 6.41 Å². The molecule has 0 bridgehead atoms. The van der Waals surface area contributed by atoms with Crippen LogP contribution in [0.5, 0.6) is 0 Å². The number of nitrogens with zero attached hydrogens (tertiary/aromatic N) is 1. The highest BCUT2D eigenvalue weighted by Crippen LogP contribution is 1.75. The molecule has 50 valence electrons. The van der Waals surface area contributed by atoms with Gasteiger partial charge in [-0.2, -0.15) is 0 Å². The van der Waals surface area contributed by atoms with Crippen LogP contribution in [0.25, 0.3) is 0 Å². The highest BCUT2D eigenvalue weighted by atomic mass is 16.1. The van der Waals surface area contributed by atoms with Gasteiger partial charge in [0.15, 0.2) is 0 Å². The zero-order valence-electron chi connectivity index (χ0n) is 5.16. The number of aliphatic imine (C=N–C) groups is 1. The normalized spacial score (nSPS) is 11.9. The van der Waals surface area contributed by atoms with Crippen molar-refractivity contribution in [3.8, 4) is 0 Å². The van der Waals surface area contributed by atoms with Gasteiger partial charge in [0.05, 0.1) is 5.70 Å². The molecule has 0 unspecified atom stereocenters. The minimum Gasteiger partial charge on any atom is -0.403 e. The van der Waals surface area contributed by atoms with E-state index in [4.69, 9.17) is 5.73 Å². The molecule has 4 heteroatoms. The van der Waals surface area contributed by atoms with Gasteiger partial charge in [-0.1, -0.05) is 0 Å². The number of hydrogen-bond donors (Lipinski definition) is 2. The fourth-order valence-electron chi connectivity index (χ4n) is 0.336. The lowest BCUT2D eigenvalue weighted by atomic mass is 10.5. The van der Waals surface area contributed by atoms with E-state index in [0.29, 0.717) is 12.1 Å². The highest BCUT2D eigenvalue weighted by molar-refractivity contribution is 5.80. The predicted molar refractivity (Wildman–Crippen MR) is 35.9 cm³/mol. The smallest absolute Gasteiger partial charge is 0.211 e. The Morgan fingerprint density at radius 2 is 2.44 bits per heavy atom. The van der Waals surface area contributed by atoms with E-state index >= 15 is 0 Å². The van der Waals surface area contributed by atoms with Gasteiger partial charge in [-0.3, -0.25) is 9.79 Å². The Morgan fingerprint density at radius 3 is 2.78 bits per heavy atom. The minimum atomic E-state index is 0.493. The van der Waals surface area contributed by atoms with Gasteiger partial charge in [0.25, 0.3) is 0 Å². The lowest BCUT2D eigenvalue weighted by Crippen LogP contribution is -2.12. The van der Waals surface area contributed by atoms with Crippen molar-refractivity contribution in [2.24, 2.45) is 10.7 Å². The SMILES string of the molecule is CN=C/C(=C\N)NC=O. The van der Waals surface area contributed by atoms with E-state index in [1.807, 2.05) is 0 Å². The molecule has 1 amide bonds. The fourth-order valence-corrected chi connectivity index (χ4v) is 0.336. The largest absolute Gasteiger partial charge is 0.403 e. The van der Waals surface area contributed by atoms with E-state index in [9.17, 15) is 4.79 Å². The molecule has 0 heterocycles. The van der Waals surface area contributed by atoms with E-state index < -0.39 is 0 Å². The van der Waals surface area contributed by atoms with Crippen molar-refractivity contribution in [2.75, 3.05) is 7.05 Å². The van der Waals surface area contributed by atoms with Gasteiger partial charge in [-0.05, 0) is 0 Å².